The van der Waals surface area contributed by atoms with E-state index in [2.05, 4.69) is 25.1 Å². The Balaban J connectivity index is 1.80. The highest BCUT2D eigenvalue weighted by atomic mass is 35.5. The molecule has 1 saturated heterocycles. The zero-order valence-electron chi connectivity index (χ0n) is 12.2. The number of aromatic nitrogens is 4. The molecule has 0 saturated carbocycles. The molecule has 8 heteroatoms. The third-order valence-electron chi connectivity index (χ3n) is 3.83. The molecule has 0 aromatic carbocycles. The fraction of sp³-hybridized carbons (Fsp3) is 0.429. The number of carbonyl (C=O) groups is 1. The molecule has 3 N–H and O–H groups in total. The van der Waals surface area contributed by atoms with Crippen LogP contribution >= 0.6 is 11.6 Å². The molecule has 0 bridgehead atoms. The van der Waals surface area contributed by atoms with Crippen LogP contribution in [0.1, 0.15) is 40.8 Å². The van der Waals surface area contributed by atoms with E-state index in [1.807, 2.05) is 6.92 Å². The van der Waals surface area contributed by atoms with Crippen molar-refractivity contribution in [2.75, 3.05) is 18.0 Å². The SMILES string of the molecule is Cc1nc(Cl)cc(N2CCCC(c3cc(C(N)=O)n[nH]3)C2)n1. The largest absolute Gasteiger partial charge is 0.364 e. The fourth-order valence-electron chi connectivity index (χ4n) is 2.79. The van der Waals surface area contributed by atoms with Crippen LogP contribution in [0.2, 0.25) is 5.15 Å². The van der Waals surface area contributed by atoms with Gasteiger partial charge in [-0.25, -0.2) is 9.97 Å². The molecule has 1 amide bonds. The number of aryl methyl sites for hydroxylation is 1. The second-order valence-electron chi connectivity index (χ2n) is 5.45. The number of hydrogen-bond acceptors (Lipinski definition) is 5. The highest BCUT2D eigenvalue weighted by molar-refractivity contribution is 6.29. The van der Waals surface area contributed by atoms with Gasteiger partial charge in [-0.3, -0.25) is 9.89 Å². The second-order valence-corrected chi connectivity index (χ2v) is 5.84. The summed E-state index contributed by atoms with van der Waals surface area (Å²) in [6.07, 6.45) is 2.05. The summed E-state index contributed by atoms with van der Waals surface area (Å²) in [6.45, 7) is 3.53. The Kier molecular flexibility index (Phi) is 3.98. The average Bonchev–Trinajstić information content (AvgIpc) is 2.96. The Bertz CT molecular complexity index is 680. The quantitative estimate of drug-likeness (QED) is 0.837. The van der Waals surface area contributed by atoms with E-state index in [4.69, 9.17) is 17.3 Å². The molecule has 1 unspecified atom stereocenters. The first-order valence-corrected chi connectivity index (χ1v) is 7.52. The van der Waals surface area contributed by atoms with Gasteiger partial charge in [-0.1, -0.05) is 11.6 Å². The van der Waals surface area contributed by atoms with E-state index >= 15 is 0 Å². The molecule has 0 radical (unpaired) electrons. The number of anilines is 1. The lowest BCUT2D eigenvalue weighted by molar-refractivity contribution is 0.0995. The molecule has 116 valence electrons. The minimum atomic E-state index is -0.520. The number of carbonyl (C=O) groups excluding carboxylic acids is 1. The minimum absolute atomic E-state index is 0.253. The van der Waals surface area contributed by atoms with E-state index in [-0.39, 0.29) is 11.6 Å². The van der Waals surface area contributed by atoms with Crippen LogP contribution in [0.15, 0.2) is 12.1 Å². The van der Waals surface area contributed by atoms with Crippen LogP contribution in [0, 0.1) is 6.92 Å². The summed E-state index contributed by atoms with van der Waals surface area (Å²) >= 11 is 6.02. The standard InChI is InChI=1S/C14H17ClN6O/c1-8-17-12(15)6-13(18-8)21-4-2-3-9(7-21)10-5-11(14(16)22)20-19-10/h5-6,9H,2-4,7H2,1H3,(H2,16,22)(H,19,20). The van der Waals surface area contributed by atoms with Crippen molar-refractivity contribution in [3.05, 3.63) is 34.5 Å². The lowest BCUT2D eigenvalue weighted by atomic mass is 9.94. The Morgan fingerprint density at radius 1 is 1.45 bits per heavy atom. The van der Waals surface area contributed by atoms with E-state index in [1.54, 1.807) is 12.1 Å². The van der Waals surface area contributed by atoms with E-state index in [0.29, 0.717) is 11.0 Å². The number of piperidine rings is 1. The molecule has 1 aliphatic rings. The zero-order chi connectivity index (χ0) is 15.7. The molecular formula is C14H17ClN6O. The number of amides is 1. The number of nitrogens with two attached hydrogens (primary N) is 1. The first-order valence-electron chi connectivity index (χ1n) is 7.14. The average molecular weight is 321 g/mol. The molecule has 3 rings (SSSR count). The summed E-state index contributed by atoms with van der Waals surface area (Å²) in [5, 5.41) is 7.31. The Morgan fingerprint density at radius 3 is 2.95 bits per heavy atom. The van der Waals surface area contributed by atoms with E-state index in [1.165, 1.54) is 0 Å². The maximum Gasteiger partial charge on any atom is 0.269 e. The lowest BCUT2D eigenvalue weighted by Crippen LogP contribution is -2.35. The number of nitrogens with zero attached hydrogens (tertiary/aromatic N) is 4. The normalized spacial score (nSPS) is 18.5. The van der Waals surface area contributed by atoms with Crippen LogP contribution in [0.3, 0.4) is 0 Å². The predicted octanol–water partition coefficient (Wildman–Crippen LogP) is 1.64. The van der Waals surface area contributed by atoms with E-state index < -0.39 is 5.91 Å². The zero-order valence-corrected chi connectivity index (χ0v) is 13.0. The molecular weight excluding hydrogens is 304 g/mol. The van der Waals surface area contributed by atoms with Crippen molar-refractivity contribution in [3.63, 3.8) is 0 Å². The summed E-state index contributed by atoms with van der Waals surface area (Å²) in [5.41, 5.74) is 6.44. The molecule has 2 aromatic heterocycles. The third-order valence-corrected chi connectivity index (χ3v) is 4.02. The van der Waals surface area contributed by atoms with Gasteiger partial charge < -0.3 is 10.6 Å². The van der Waals surface area contributed by atoms with Crippen LogP contribution in [0.5, 0.6) is 0 Å². The smallest absolute Gasteiger partial charge is 0.269 e. The topological polar surface area (TPSA) is 101 Å². The van der Waals surface area contributed by atoms with Gasteiger partial charge in [0.1, 0.15) is 22.5 Å². The number of H-pyrrole nitrogens is 1. The Hall–Kier alpha value is -2.15. The van der Waals surface area contributed by atoms with Crippen LogP contribution in [-0.2, 0) is 0 Å². The number of halogens is 1. The monoisotopic (exact) mass is 320 g/mol. The number of nitrogens with one attached hydrogen (secondary N) is 1. The highest BCUT2D eigenvalue weighted by Crippen LogP contribution is 2.29. The molecule has 0 aliphatic carbocycles. The second kappa shape index (κ2) is 5.92. The minimum Gasteiger partial charge on any atom is -0.364 e. The van der Waals surface area contributed by atoms with Gasteiger partial charge in [-0.2, -0.15) is 5.10 Å². The summed E-state index contributed by atoms with van der Waals surface area (Å²) in [4.78, 5) is 21.9. The van der Waals surface area contributed by atoms with Gasteiger partial charge in [0, 0.05) is 30.8 Å². The van der Waals surface area contributed by atoms with Gasteiger partial charge in [-0.05, 0) is 25.8 Å². The first-order chi connectivity index (χ1) is 10.5. The first kappa shape index (κ1) is 14.8. The van der Waals surface area contributed by atoms with E-state index in [9.17, 15) is 4.79 Å². The summed E-state index contributed by atoms with van der Waals surface area (Å²) in [6, 6.07) is 3.51. The maximum atomic E-state index is 11.2. The summed E-state index contributed by atoms with van der Waals surface area (Å²) < 4.78 is 0. The molecule has 3 heterocycles. The number of primary amides is 1. The van der Waals surface area contributed by atoms with Crippen molar-refractivity contribution < 1.29 is 4.79 Å². The van der Waals surface area contributed by atoms with Gasteiger partial charge in [-0.15, -0.1) is 0 Å². The highest BCUT2D eigenvalue weighted by Gasteiger charge is 2.24. The van der Waals surface area contributed by atoms with Gasteiger partial charge in [0.2, 0.25) is 0 Å². The van der Waals surface area contributed by atoms with Crippen LogP contribution < -0.4 is 10.6 Å². The van der Waals surface area contributed by atoms with Crippen LogP contribution in [0.4, 0.5) is 5.82 Å². The Labute approximate surface area is 132 Å². The third kappa shape index (κ3) is 3.04. The van der Waals surface area contributed by atoms with Crippen LogP contribution in [-0.4, -0.2) is 39.2 Å². The molecule has 2 aromatic rings. The molecule has 7 nitrogen and oxygen atoms in total. The van der Waals surface area contributed by atoms with Gasteiger partial charge in [0.25, 0.3) is 5.91 Å². The molecule has 1 atom stereocenters. The molecule has 1 aliphatic heterocycles. The van der Waals surface area contributed by atoms with Gasteiger partial charge >= 0.3 is 0 Å². The van der Waals surface area contributed by atoms with Crippen molar-refractivity contribution >= 4 is 23.3 Å². The molecule has 1 fully saturated rings. The Morgan fingerprint density at radius 2 is 2.27 bits per heavy atom. The maximum absolute atomic E-state index is 11.2. The van der Waals surface area contributed by atoms with Crippen molar-refractivity contribution in [3.8, 4) is 0 Å². The number of aromatic amines is 1. The number of rotatable bonds is 3. The lowest BCUT2D eigenvalue weighted by Gasteiger charge is -2.33. The van der Waals surface area contributed by atoms with Gasteiger partial charge in [0.05, 0.1) is 0 Å². The van der Waals surface area contributed by atoms with Crippen molar-refractivity contribution in [2.45, 2.75) is 25.7 Å². The number of hydrogen-bond donors (Lipinski definition) is 2. The summed E-state index contributed by atoms with van der Waals surface area (Å²) in [5.74, 6) is 1.22. The molecule has 22 heavy (non-hydrogen) atoms. The van der Waals surface area contributed by atoms with Gasteiger partial charge in [0.15, 0.2) is 0 Å². The molecule has 0 spiro atoms. The van der Waals surface area contributed by atoms with E-state index in [0.717, 1.165) is 37.4 Å². The van der Waals surface area contributed by atoms with Crippen molar-refractivity contribution in [2.24, 2.45) is 5.73 Å². The van der Waals surface area contributed by atoms with Crippen molar-refractivity contribution in [1.29, 1.82) is 0 Å². The van der Waals surface area contributed by atoms with Crippen LogP contribution in [0.25, 0.3) is 0 Å². The fourth-order valence-corrected chi connectivity index (χ4v) is 3.01. The summed E-state index contributed by atoms with van der Waals surface area (Å²) in [7, 11) is 0. The predicted molar refractivity (Wildman–Crippen MR) is 83.1 cm³/mol. The van der Waals surface area contributed by atoms with Crippen molar-refractivity contribution in [1.82, 2.24) is 20.2 Å².